The third kappa shape index (κ3) is 3.36. The van der Waals surface area contributed by atoms with Crippen LogP contribution in [0.5, 0.6) is 0 Å². The average molecular weight is 370 g/mol. The first-order chi connectivity index (χ1) is 11.5. The van der Waals surface area contributed by atoms with Crippen LogP contribution >= 0.6 is 23.2 Å². The molecule has 0 aliphatic carbocycles. The highest BCUT2D eigenvalue weighted by molar-refractivity contribution is 6.35. The fourth-order valence-electron chi connectivity index (χ4n) is 3.35. The van der Waals surface area contributed by atoms with Crippen molar-refractivity contribution in [2.24, 2.45) is 7.05 Å². The molecule has 2 aromatic rings. The largest absolute Gasteiger partial charge is 0.345 e. The highest BCUT2D eigenvalue weighted by Crippen LogP contribution is 2.29. The van der Waals surface area contributed by atoms with Gasteiger partial charge in [0.15, 0.2) is 0 Å². The zero-order valence-corrected chi connectivity index (χ0v) is 15.4. The van der Waals surface area contributed by atoms with Gasteiger partial charge in [0, 0.05) is 50.6 Å². The Kier molecular flexibility index (Phi) is 5.27. The lowest BCUT2D eigenvalue weighted by Gasteiger charge is -2.32. The van der Waals surface area contributed by atoms with Crippen molar-refractivity contribution >= 4 is 23.2 Å². The number of nitrogens with zero attached hydrogens (tertiary/aromatic N) is 5. The van der Waals surface area contributed by atoms with E-state index in [1.807, 2.05) is 6.92 Å². The summed E-state index contributed by atoms with van der Waals surface area (Å²) < 4.78 is 3.19. The van der Waals surface area contributed by atoms with Gasteiger partial charge >= 0.3 is 5.69 Å². The monoisotopic (exact) mass is 369 g/mol. The van der Waals surface area contributed by atoms with Crippen molar-refractivity contribution < 1.29 is 0 Å². The van der Waals surface area contributed by atoms with Gasteiger partial charge in [-0.05, 0) is 26.3 Å². The predicted octanol–water partition coefficient (Wildman–Crippen LogP) is 2.68. The van der Waals surface area contributed by atoms with E-state index in [0.717, 1.165) is 37.3 Å². The molecule has 130 valence electrons. The smallest absolute Gasteiger partial charge is 0.298 e. The van der Waals surface area contributed by atoms with Crippen LogP contribution in [0.4, 0.5) is 0 Å². The van der Waals surface area contributed by atoms with Gasteiger partial charge in [0.1, 0.15) is 5.82 Å². The highest BCUT2D eigenvalue weighted by atomic mass is 35.5. The highest BCUT2D eigenvalue weighted by Gasteiger charge is 2.27. The van der Waals surface area contributed by atoms with Crippen molar-refractivity contribution in [1.29, 1.82) is 0 Å². The minimum Gasteiger partial charge on any atom is -0.298 e. The molecule has 0 aromatic carbocycles. The van der Waals surface area contributed by atoms with Crippen molar-refractivity contribution in [3.05, 3.63) is 44.3 Å². The van der Waals surface area contributed by atoms with E-state index >= 15 is 0 Å². The van der Waals surface area contributed by atoms with Gasteiger partial charge in [0.2, 0.25) is 0 Å². The van der Waals surface area contributed by atoms with Crippen molar-refractivity contribution in [3.63, 3.8) is 0 Å². The fourth-order valence-corrected chi connectivity index (χ4v) is 3.83. The maximum Gasteiger partial charge on any atom is 0.345 e. The van der Waals surface area contributed by atoms with E-state index in [0.29, 0.717) is 23.1 Å². The lowest BCUT2D eigenvalue weighted by atomic mass is 9.96. The second kappa shape index (κ2) is 7.25. The first-order valence-electron chi connectivity index (χ1n) is 8.15. The molecule has 1 saturated heterocycles. The molecule has 0 amide bonds. The number of aryl methyl sites for hydroxylation is 1. The van der Waals surface area contributed by atoms with Crippen molar-refractivity contribution in [1.82, 2.24) is 24.2 Å². The molecule has 3 rings (SSSR count). The quantitative estimate of drug-likeness (QED) is 0.831. The number of pyridine rings is 1. The maximum absolute atomic E-state index is 12.1. The van der Waals surface area contributed by atoms with Gasteiger partial charge in [-0.25, -0.2) is 9.48 Å². The van der Waals surface area contributed by atoms with Crippen LogP contribution in [0.3, 0.4) is 0 Å². The Labute approximate surface area is 151 Å². The minimum atomic E-state index is -0.0511. The van der Waals surface area contributed by atoms with E-state index in [9.17, 15) is 4.79 Å². The molecule has 1 fully saturated rings. The molecule has 8 heteroatoms. The van der Waals surface area contributed by atoms with Crippen LogP contribution in [0.2, 0.25) is 10.0 Å². The van der Waals surface area contributed by atoms with Crippen LogP contribution in [0.15, 0.2) is 17.2 Å². The van der Waals surface area contributed by atoms with Crippen LogP contribution in [-0.4, -0.2) is 37.3 Å². The van der Waals surface area contributed by atoms with Gasteiger partial charge < -0.3 is 0 Å². The molecular weight excluding hydrogens is 349 g/mol. The summed E-state index contributed by atoms with van der Waals surface area (Å²) in [6, 6.07) is 0. The number of hydrogen-bond acceptors (Lipinski definition) is 4. The van der Waals surface area contributed by atoms with Crippen LogP contribution < -0.4 is 5.69 Å². The summed E-state index contributed by atoms with van der Waals surface area (Å²) in [4.78, 5) is 18.5. The Bertz CT molecular complexity index is 765. The molecule has 0 radical (unpaired) electrons. The molecule has 0 bridgehead atoms. The van der Waals surface area contributed by atoms with Crippen molar-refractivity contribution in [2.45, 2.75) is 38.8 Å². The Morgan fingerprint density at radius 3 is 2.67 bits per heavy atom. The molecule has 24 heavy (non-hydrogen) atoms. The predicted molar refractivity (Wildman–Crippen MR) is 94.7 cm³/mol. The van der Waals surface area contributed by atoms with Crippen LogP contribution in [0, 0.1) is 0 Å². The summed E-state index contributed by atoms with van der Waals surface area (Å²) in [6.07, 6.45) is 5.33. The summed E-state index contributed by atoms with van der Waals surface area (Å²) >= 11 is 12.5. The van der Waals surface area contributed by atoms with Crippen molar-refractivity contribution in [3.8, 4) is 0 Å². The van der Waals surface area contributed by atoms with Crippen LogP contribution in [0.1, 0.15) is 37.1 Å². The number of aromatic nitrogens is 4. The molecule has 3 heterocycles. The minimum absolute atomic E-state index is 0.0511. The maximum atomic E-state index is 12.1. The number of piperidine rings is 1. The first-order valence-corrected chi connectivity index (χ1v) is 8.90. The van der Waals surface area contributed by atoms with E-state index in [4.69, 9.17) is 23.2 Å². The molecule has 0 N–H and O–H groups in total. The second-order valence-electron chi connectivity index (χ2n) is 6.16. The summed E-state index contributed by atoms with van der Waals surface area (Å²) in [6.45, 7) is 5.12. The van der Waals surface area contributed by atoms with Gasteiger partial charge in [-0.15, -0.1) is 0 Å². The molecule has 1 aliphatic rings. The number of rotatable bonds is 4. The molecule has 1 atom stereocenters. The van der Waals surface area contributed by atoms with Gasteiger partial charge in [-0.1, -0.05) is 23.2 Å². The lowest BCUT2D eigenvalue weighted by molar-refractivity contribution is 0.194. The van der Waals surface area contributed by atoms with E-state index < -0.39 is 0 Å². The molecule has 0 saturated carbocycles. The molecule has 6 nitrogen and oxygen atoms in total. The number of halogens is 2. The summed E-state index contributed by atoms with van der Waals surface area (Å²) in [5, 5.41) is 5.64. The Morgan fingerprint density at radius 1 is 1.29 bits per heavy atom. The van der Waals surface area contributed by atoms with E-state index in [2.05, 4.69) is 15.0 Å². The third-order valence-electron chi connectivity index (χ3n) is 4.56. The van der Waals surface area contributed by atoms with E-state index in [-0.39, 0.29) is 11.6 Å². The molecule has 0 unspecified atom stereocenters. The molecule has 1 aliphatic heterocycles. The summed E-state index contributed by atoms with van der Waals surface area (Å²) in [5.74, 6) is 1.12. The standard InChI is InChI=1S/C16H21Cl2N5O/c1-3-23-15(20-21(2)16(23)24)11-5-4-6-22(9-11)10-12-13(17)7-19-8-14(12)18/h7-8,11H,3-6,9-10H2,1-2H3/t11-/m1/s1. The van der Waals surface area contributed by atoms with Gasteiger partial charge in [-0.2, -0.15) is 5.10 Å². The Morgan fingerprint density at radius 2 is 2.00 bits per heavy atom. The Balaban J connectivity index is 1.80. The number of likely N-dealkylation sites (tertiary alicyclic amines) is 1. The number of hydrogen-bond donors (Lipinski definition) is 0. The molecular formula is C16H21Cl2N5O. The van der Waals surface area contributed by atoms with Gasteiger partial charge in [0.25, 0.3) is 0 Å². The zero-order valence-electron chi connectivity index (χ0n) is 13.9. The molecule has 0 spiro atoms. The fraction of sp³-hybridized carbons (Fsp3) is 0.562. The van der Waals surface area contributed by atoms with E-state index in [1.165, 1.54) is 4.68 Å². The summed E-state index contributed by atoms with van der Waals surface area (Å²) in [7, 11) is 1.70. The third-order valence-corrected chi connectivity index (χ3v) is 5.21. The Hall–Kier alpha value is -1.37. The SMILES string of the molecule is CCn1c([C@@H]2CCCN(Cc3c(Cl)cncc3Cl)C2)nn(C)c1=O. The normalized spacial score (nSPS) is 18.9. The molecule has 2 aromatic heterocycles. The van der Waals surface area contributed by atoms with E-state index in [1.54, 1.807) is 24.0 Å². The topological polar surface area (TPSA) is 56.0 Å². The zero-order chi connectivity index (χ0) is 17.3. The van der Waals surface area contributed by atoms with Crippen molar-refractivity contribution in [2.75, 3.05) is 13.1 Å². The first kappa shape index (κ1) is 17.5. The lowest BCUT2D eigenvalue weighted by Crippen LogP contribution is -2.35. The van der Waals surface area contributed by atoms with Crippen LogP contribution in [-0.2, 0) is 20.1 Å². The van der Waals surface area contributed by atoms with Crippen LogP contribution in [0.25, 0.3) is 0 Å². The second-order valence-corrected chi connectivity index (χ2v) is 6.98. The van der Waals surface area contributed by atoms with Gasteiger partial charge in [-0.3, -0.25) is 14.5 Å². The average Bonchev–Trinajstić information content (AvgIpc) is 2.86. The summed E-state index contributed by atoms with van der Waals surface area (Å²) in [5.41, 5.74) is 0.854. The van der Waals surface area contributed by atoms with Gasteiger partial charge in [0.05, 0.1) is 10.0 Å².